The minimum Gasteiger partial charge on any atom is -0.306 e. The number of benzene rings is 2. The minimum atomic E-state index is -3.61. The van der Waals surface area contributed by atoms with Gasteiger partial charge in [-0.1, -0.05) is 30.3 Å². The van der Waals surface area contributed by atoms with E-state index in [1.165, 1.54) is 35.3 Å². The van der Waals surface area contributed by atoms with Crippen LogP contribution in [0.3, 0.4) is 0 Å². The second-order valence-electron chi connectivity index (χ2n) is 8.04. The highest BCUT2D eigenvalue weighted by Gasteiger charge is 2.22. The quantitative estimate of drug-likeness (QED) is 0.654. The third kappa shape index (κ3) is 3.61. The van der Waals surface area contributed by atoms with Gasteiger partial charge < -0.3 is 4.90 Å². The smallest absolute Gasteiger partial charge is 0.268 e. The summed E-state index contributed by atoms with van der Waals surface area (Å²) < 4.78 is 28.0. The molecule has 1 aromatic heterocycles. The SMILES string of the molecule is Cc1ccccc1S(=O)(=O)n1ccc2c(CC3CCCN(C)CC3)cccc21. The van der Waals surface area contributed by atoms with Gasteiger partial charge in [-0.2, -0.15) is 0 Å². The maximum Gasteiger partial charge on any atom is 0.268 e. The Morgan fingerprint density at radius 3 is 2.64 bits per heavy atom. The zero-order chi connectivity index (χ0) is 19.7. The average molecular weight is 397 g/mol. The Morgan fingerprint density at radius 2 is 1.82 bits per heavy atom. The summed E-state index contributed by atoms with van der Waals surface area (Å²) in [5.41, 5.74) is 2.79. The number of nitrogens with zero attached hydrogens (tertiary/aromatic N) is 2. The van der Waals surface area contributed by atoms with Crippen LogP contribution in [0, 0.1) is 12.8 Å². The lowest BCUT2D eigenvalue weighted by atomic mass is 9.91. The summed E-state index contributed by atoms with van der Waals surface area (Å²) in [6.07, 6.45) is 6.40. The molecule has 1 fully saturated rings. The van der Waals surface area contributed by atoms with Crippen LogP contribution in [0.4, 0.5) is 0 Å². The van der Waals surface area contributed by atoms with Crippen molar-refractivity contribution in [2.75, 3.05) is 20.1 Å². The summed E-state index contributed by atoms with van der Waals surface area (Å²) in [6, 6.07) is 15.2. The summed E-state index contributed by atoms with van der Waals surface area (Å²) in [5.74, 6) is 0.659. The molecule has 3 aromatic rings. The number of likely N-dealkylation sites (tertiary alicyclic amines) is 1. The molecule has 0 spiro atoms. The minimum absolute atomic E-state index is 0.365. The normalized spacial score (nSPS) is 19.0. The van der Waals surface area contributed by atoms with E-state index in [2.05, 4.69) is 18.0 Å². The van der Waals surface area contributed by atoms with E-state index in [1.807, 2.05) is 37.3 Å². The van der Waals surface area contributed by atoms with Crippen LogP contribution in [0.5, 0.6) is 0 Å². The van der Waals surface area contributed by atoms with Gasteiger partial charge in [0.1, 0.15) is 0 Å². The molecule has 0 aliphatic carbocycles. The predicted molar refractivity (Wildman–Crippen MR) is 114 cm³/mol. The van der Waals surface area contributed by atoms with Crippen LogP contribution in [-0.2, 0) is 16.4 Å². The monoisotopic (exact) mass is 396 g/mol. The van der Waals surface area contributed by atoms with E-state index in [9.17, 15) is 8.42 Å². The summed E-state index contributed by atoms with van der Waals surface area (Å²) >= 11 is 0. The van der Waals surface area contributed by atoms with Crippen molar-refractivity contribution < 1.29 is 8.42 Å². The molecule has 4 rings (SSSR count). The lowest BCUT2D eigenvalue weighted by Crippen LogP contribution is -2.19. The van der Waals surface area contributed by atoms with Gasteiger partial charge in [0, 0.05) is 11.6 Å². The first-order chi connectivity index (χ1) is 13.5. The number of rotatable bonds is 4. The van der Waals surface area contributed by atoms with Crippen LogP contribution in [0.25, 0.3) is 10.9 Å². The van der Waals surface area contributed by atoms with Crippen molar-refractivity contribution in [2.45, 2.75) is 37.5 Å². The summed E-state index contributed by atoms with van der Waals surface area (Å²) in [5, 5.41) is 1.05. The zero-order valence-corrected chi connectivity index (χ0v) is 17.5. The predicted octanol–water partition coefficient (Wildman–Crippen LogP) is 4.46. The van der Waals surface area contributed by atoms with Gasteiger partial charge in [0.2, 0.25) is 0 Å². The van der Waals surface area contributed by atoms with Crippen LogP contribution < -0.4 is 0 Å². The standard InChI is InChI=1S/C23H28N2O2S/c1-18-7-3-4-11-23(18)28(26,27)25-16-13-21-20(9-5-10-22(21)25)17-19-8-6-14-24(2)15-12-19/h3-5,7,9-11,13,16,19H,6,8,12,14-15,17H2,1-2H3. The Labute approximate surface area is 167 Å². The van der Waals surface area contributed by atoms with Crippen molar-refractivity contribution >= 4 is 20.9 Å². The molecule has 0 radical (unpaired) electrons. The molecule has 1 aliphatic rings. The molecule has 0 bridgehead atoms. The first-order valence-electron chi connectivity index (χ1n) is 10.1. The third-order valence-corrected chi connectivity index (χ3v) is 7.85. The van der Waals surface area contributed by atoms with Crippen molar-refractivity contribution in [3.05, 3.63) is 65.9 Å². The van der Waals surface area contributed by atoms with Gasteiger partial charge in [0.05, 0.1) is 10.4 Å². The topological polar surface area (TPSA) is 42.3 Å². The molecule has 1 unspecified atom stereocenters. The average Bonchev–Trinajstić information content (AvgIpc) is 3.02. The number of fused-ring (bicyclic) bond motifs is 1. The van der Waals surface area contributed by atoms with E-state index in [4.69, 9.17) is 0 Å². The van der Waals surface area contributed by atoms with Crippen molar-refractivity contribution in [1.29, 1.82) is 0 Å². The first-order valence-corrected chi connectivity index (χ1v) is 11.5. The lowest BCUT2D eigenvalue weighted by molar-refractivity contribution is 0.341. The van der Waals surface area contributed by atoms with Crippen molar-refractivity contribution in [3.8, 4) is 0 Å². The molecule has 0 amide bonds. The highest BCUT2D eigenvalue weighted by Crippen LogP contribution is 2.29. The van der Waals surface area contributed by atoms with Crippen LogP contribution in [0.1, 0.15) is 30.4 Å². The summed E-state index contributed by atoms with van der Waals surface area (Å²) in [7, 11) is -1.41. The fourth-order valence-electron chi connectivity index (χ4n) is 4.37. The number of hydrogen-bond donors (Lipinski definition) is 0. The van der Waals surface area contributed by atoms with Crippen LogP contribution in [0.2, 0.25) is 0 Å². The van der Waals surface area contributed by atoms with Crippen LogP contribution >= 0.6 is 0 Å². The Bertz CT molecular complexity index is 1080. The molecule has 1 atom stereocenters. The largest absolute Gasteiger partial charge is 0.306 e. The molecule has 0 N–H and O–H groups in total. The molecule has 5 heteroatoms. The highest BCUT2D eigenvalue weighted by molar-refractivity contribution is 7.90. The van der Waals surface area contributed by atoms with Crippen LogP contribution in [-0.4, -0.2) is 37.4 Å². The molecular formula is C23H28N2O2S. The van der Waals surface area contributed by atoms with Crippen molar-refractivity contribution in [2.24, 2.45) is 5.92 Å². The van der Waals surface area contributed by atoms with Gasteiger partial charge in [-0.05, 0) is 88.0 Å². The third-order valence-electron chi connectivity index (χ3n) is 6.00. The van der Waals surface area contributed by atoms with E-state index in [-0.39, 0.29) is 0 Å². The maximum absolute atomic E-state index is 13.3. The van der Waals surface area contributed by atoms with Crippen molar-refractivity contribution in [1.82, 2.24) is 8.87 Å². The lowest BCUT2D eigenvalue weighted by Gasteiger charge is -2.16. The Morgan fingerprint density at radius 1 is 1.00 bits per heavy atom. The molecule has 2 aromatic carbocycles. The zero-order valence-electron chi connectivity index (χ0n) is 16.6. The van der Waals surface area contributed by atoms with E-state index in [1.54, 1.807) is 18.3 Å². The molecule has 148 valence electrons. The van der Waals surface area contributed by atoms with Crippen LogP contribution in [0.15, 0.2) is 59.6 Å². The number of aromatic nitrogens is 1. The van der Waals surface area contributed by atoms with Crippen molar-refractivity contribution in [3.63, 3.8) is 0 Å². The molecule has 28 heavy (non-hydrogen) atoms. The molecular weight excluding hydrogens is 368 g/mol. The second kappa shape index (κ2) is 7.72. The van der Waals surface area contributed by atoms with E-state index in [0.29, 0.717) is 10.8 Å². The second-order valence-corrected chi connectivity index (χ2v) is 9.82. The molecule has 2 heterocycles. The van der Waals surface area contributed by atoms with E-state index < -0.39 is 10.0 Å². The van der Waals surface area contributed by atoms with Gasteiger partial charge in [-0.25, -0.2) is 12.4 Å². The van der Waals surface area contributed by atoms with Gasteiger partial charge in [-0.3, -0.25) is 0 Å². The Hall–Kier alpha value is -2.11. The van der Waals surface area contributed by atoms with E-state index in [0.717, 1.165) is 29.4 Å². The fourth-order valence-corrected chi connectivity index (χ4v) is 5.95. The van der Waals surface area contributed by atoms with Gasteiger partial charge in [-0.15, -0.1) is 0 Å². The first kappa shape index (κ1) is 19.2. The molecule has 0 saturated carbocycles. The summed E-state index contributed by atoms with van der Waals surface area (Å²) in [4.78, 5) is 2.77. The molecule has 1 aliphatic heterocycles. The molecule has 1 saturated heterocycles. The van der Waals surface area contributed by atoms with E-state index >= 15 is 0 Å². The van der Waals surface area contributed by atoms with Gasteiger partial charge in [0.25, 0.3) is 10.0 Å². The maximum atomic E-state index is 13.3. The fraction of sp³-hybridized carbons (Fsp3) is 0.391. The summed E-state index contributed by atoms with van der Waals surface area (Å²) in [6.45, 7) is 4.15. The Kier molecular flexibility index (Phi) is 5.30. The number of hydrogen-bond acceptors (Lipinski definition) is 3. The number of aryl methyl sites for hydroxylation is 1. The van der Waals surface area contributed by atoms with Gasteiger partial charge >= 0.3 is 0 Å². The Balaban J connectivity index is 1.70. The van der Waals surface area contributed by atoms with Gasteiger partial charge in [0.15, 0.2) is 0 Å². The highest BCUT2D eigenvalue weighted by atomic mass is 32.2. The molecule has 4 nitrogen and oxygen atoms in total.